The van der Waals surface area contributed by atoms with Crippen molar-refractivity contribution in [2.45, 2.75) is 6.54 Å². The highest BCUT2D eigenvalue weighted by molar-refractivity contribution is 5.52. The van der Waals surface area contributed by atoms with E-state index in [1.165, 1.54) is 0 Å². The standard InChI is InChI=1S/C14H19N3O2/c1-18-11-12-19-10-9-17-8-7-15-14(17)16-13-5-3-2-4-6-13/h2-8H,9-12H2,1H3,(H,15,16). The van der Waals surface area contributed by atoms with Crippen molar-refractivity contribution in [1.29, 1.82) is 0 Å². The topological polar surface area (TPSA) is 48.3 Å². The molecule has 19 heavy (non-hydrogen) atoms. The monoisotopic (exact) mass is 261 g/mol. The molecule has 0 saturated carbocycles. The van der Waals surface area contributed by atoms with Gasteiger partial charge < -0.3 is 19.4 Å². The Labute approximate surface area is 113 Å². The van der Waals surface area contributed by atoms with Crippen LogP contribution in [0.4, 0.5) is 11.6 Å². The third-order valence-corrected chi connectivity index (χ3v) is 2.65. The summed E-state index contributed by atoms with van der Waals surface area (Å²) in [5.41, 5.74) is 1.02. The molecule has 0 unspecified atom stereocenters. The van der Waals surface area contributed by atoms with Crippen molar-refractivity contribution in [2.24, 2.45) is 0 Å². The van der Waals surface area contributed by atoms with Gasteiger partial charge in [-0.05, 0) is 12.1 Å². The van der Waals surface area contributed by atoms with E-state index in [2.05, 4.69) is 10.3 Å². The molecule has 0 radical (unpaired) electrons. The number of rotatable bonds is 8. The average Bonchev–Trinajstić information content (AvgIpc) is 2.87. The lowest BCUT2D eigenvalue weighted by Gasteiger charge is -2.10. The number of para-hydroxylation sites is 1. The van der Waals surface area contributed by atoms with Crippen molar-refractivity contribution >= 4 is 11.6 Å². The van der Waals surface area contributed by atoms with Gasteiger partial charge in [0.1, 0.15) is 0 Å². The molecule has 0 aliphatic heterocycles. The molecule has 0 aliphatic rings. The maximum absolute atomic E-state index is 5.45. The van der Waals surface area contributed by atoms with Gasteiger partial charge in [0.15, 0.2) is 0 Å². The van der Waals surface area contributed by atoms with Gasteiger partial charge in [0.2, 0.25) is 5.95 Å². The van der Waals surface area contributed by atoms with Crippen LogP contribution < -0.4 is 5.32 Å². The first-order valence-electron chi connectivity index (χ1n) is 6.30. The van der Waals surface area contributed by atoms with E-state index in [1.807, 2.05) is 41.1 Å². The summed E-state index contributed by atoms with van der Waals surface area (Å²) in [5.74, 6) is 0.821. The van der Waals surface area contributed by atoms with E-state index in [9.17, 15) is 0 Å². The van der Waals surface area contributed by atoms with E-state index in [0.29, 0.717) is 19.8 Å². The van der Waals surface area contributed by atoms with E-state index in [-0.39, 0.29) is 0 Å². The molecule has 1 heterocycles. The summed E-state index contributed by atoms with van der Waals surface area (Å²) in [7, 11) is 1.67. The largest absolute Gasteiger partial charge is 0.382 e. The minimum Gasteiger partial charge on any atom is -0.382 e. The third kappa shape index (κ3) is 4.39. The Morgan fingerprint density at radius 2 is 2.00 bits per heavy atom. The van der Waals surface area contributed by atoms with Crippen molar-refractivity contribution in [3.8, 4) is 0 Å². The summed E-state index contributed by atoms with van der Waals surface area (Å²) in [6.45, 7) is 2.65. The van der Waals surface area contributed by atoms with Crippen LogP contribution in [-0.2, 0) is 16.0 Å². The number of benzene rings is 1. The Morgan fingerprint density at radius 3 is 2.79 bits per heavy atom. The number of hydrogen-bond donors (Lipinski definition) is 1. The Morgan fingerprint density at radius 1 is 1.16 bits per heavy atom. The molecule has 2 rings (SSSR count). The molecule has 2 aromatic rings. The van der Waals surface area contributed by atoms with E-state index in [0.717, 1.165) is 18.2 Å². The highest BCUT2D eigenvalue weighted by Gasteiger charge is 2.02. The first-order chi connectivity index (χ1) is 9.40. The van der Waals surface area contributed by atoms with Gasteiger partial charge in [-0.2, -0.15) is 0 Å². The van der Waals surface area contributed by atoms with E-state index < -0.39 is 0 Å². The molecule has 5 nitrogen and oxygen atoms in total. The smallest absolute Gasteiger partial charge is 0.207 e. The zero-order valence-corrected chi connectivity index (χ0v) is 11.1. The summed E-state index contributed by atoms with van der Waals surface area (Å²) < 4.78 is 12.4. The first kappa shape index (κ1) is 13.6. The summed E-state index contributed by atoms with van der Waals surface area (Å²) in [6, 6.07) is 9.98. The summed E-state index contributed by atoms with van der Waals surface area (Å²) in [6.07, 6.45) is 3.71. The second-order valence-electron chi connectivity index (χ2n) is 4.04. The highest BCUT2D eigenvalue weighted by atomic mass is 16.5. The molecule has 1 aromatic heterocycles. The number of nitrogens with zero attached hydrogens (tertiary/aromatic N) is 2. The van der Waals surface area contributed by atoms with Gasteiger partial charge in [0.05, 0.1) is 19.8 Å². The molecule has 0 spiro atoms. The van der Waals surface area contributed by atoms with Crippen LogP contribution >= 0.6 is 0 Å². The van der Waals surface area contributed by atoms with E-state index in [1.54, 1.807) is 13.3 Å². The number of methoxy groups -OCH3 is 1. The van der Waals surface area contributed by atoms with Gasteiger partial charge in [0, 0.05) is 31.7 Å². The zero-order chi connectivity index (χ0) is 13.3. The maximum atomic E-state index is 5.45. The number of aromatic nitrogens is 2. The van der Waals surface area contributed by atoms with E-state index >= 15 is 0 Å². The fourth-order valence-electron chi connectivity index (χ4n) is 1.67. The predicted molar refractivity (Wildman–Crippen MR) is 74.6 cm³/mol. The molecule has 5 heteroatoms. The molecule has 0 atom stereocenters. The molecular weight excluding hydrogens is 242 g/mol. The normalized spacial score (nSPS) is 10.6. The van der Waals surface area contributed by atoms with Crippen molar-refractivity contribution in [2.75, 3.05) is 32.2 Å². The summed E-state index contributed by atoms with van der Waals surface area (Å²) in [5, 5.41) is 3.28. The van der Waals surface area contributed by atoms with Crippen molar-refractivity contribution in [1.82, 2.24) is 9.55 Å². The van der Waals surface area contributed by atoms with Gasteiger partial charge in [-0.15, -0.1) is 0 Å². The molecule has 1 N–H and O–H groups in total. The number of hydrogen-bond acceptors (Lipinski definition) is 4. The molecule has 0 fully saturated rings. The van der Waals surface area contributed by atoms with Gasteiger partial charge in [-0.3, -0.25) is 0 Å². The second-order valence-corrected chi connectivity index (χ2v) is 4.04. The van der Waals surface area contributed by atoms with Crippen LogP contribution in [0.1, 0.15) is 0 Å². The maximum Gasteiger partial charge on any atom is 0.207 e. The summed E-state index contributed by atoms with van der Waals surface area (Å²) in [4.78, 5) is 4.30. The predicted octanol–water partition coefficient (Wildman–Crippen LogP) is 2.29. The molecule has 0 aliphatic carbocycles. The van der Waals surface area contributed by atoms with Crippen LogP contribution in [0.3, 0.4) is 0 Å². The molecule has 102 valence electrons. The van der Waals surface area contributed by atoms with Crippen molar-refractivity contribution in [3.05, 3.63) is 42.7 Å². The Balaban J connectivity index is 1.84. The fraction of sp³-hybridized carbons (Fsp3) is 0.357. The quantitative estimate of drug-likeness (QED) is 0.741. The van der Waals surface area contributed by atoms with Crippen LogP contribution in [0.25, 0.3) is 0 Å². The van der Waals surface area contributed by atoms with Crippen LogP contribution in [0.5, 0.6) is 0 Å². The van der Waals surface area contributed by atoms with E-state index in [4.69, 9.17) is 9.47 Å². The Bertz CT molecular complexity index is 471. The lowest BCUT2D eigenvalue weighted by molar-refractivity contribution is 0.0668. The van der Waals surface area contributed by atoms with Crippen LogP contribution in [-0.4, -0.2) is 36.5 Å². The number of nitrogens with one attached hydrogen (secondary N) is 1. The van der Waals surface area contributed by atoms with Crippen molar-refractivity contribution in [3.63, 3.8) is 0 Å². The zero-order valence-electron chi connectivity index (χ0n) is 11.1. The van der Waals surface area contributed by atoms with Gasteiger partial charge in [-0.1, -0.05) is 18.2 Å². The van der Waals surface area contributed by atoms with Gasteiger partial charge in [0.25, 0.3) is 0 Å². The molecule has 0 amide bonds. The number of imidazole rings is 1. The molecule has 0 saturated heterocycles. The fourth-order valence-corrected chi connectivity index (χ4v) is 1.67. The van der Waals surface area contributed by atoms with Gasteiger partial charge in [-0.25, -0.2) is 4.98 Å². The minimum absolute atomic E-state index is 0.618. The van der Waals surface area contributed by atoms with Gasteiger partial charge >= 0.3 is 0 Å². The van der Waals surface area contributed by atoms with Crippen molar-refractivity contribution < 1.29 is 9.47 Å². The Hall–Kier alpha value is -1.85. The average molecular weight is 261 g/mol. The van der Waals surface area contributed by atoms with Crippen LogP contribution in [0.15, 0.2) is 42.7 Å². The lowest BCUT2D eigenvalue weighted by Crippen LogP contribution is -2.10. The van der Waals surface area contributed by atoms with Crippen LogP contribution in [0.2, 0.25) is 0 Å². The number of anilines is 2. The number of ether oxygens (including phenoxy) is 2. The van der Waals surface area contributed by atoms with Crippen LogP contribution in [0, 0.1) is 0 Å². The molecule has 0 bridgehead atoms. The molecule has 1 aromatic carbocycles. The highest BCUT2D eigenvalue weighted by Crippen LogP contribution is 2.13. The third-order valence-electron chi connectivity index (χ3n) is 2.65. The first-order valence-corrected chi connectivity index (χ1v) is 6.30. The SMILES string of the molecule is COCCOCCn1ccnc1Nc1ccccc1. The summed E-state index contributed by atoms with van der Waals surface area (Å²) >= 11 is 0. The minimum atomic E-state index is 0.618. The lowest BCUT2D eigenvalue weighted by atomic mass is 10.3. The Kier molecular flexibility index (Phi) is 5.40. The second kappa shape index (κ2) is 7.56. The molecular formula is C14H19N3O2.